The van der Waals surface area contributed by atoms with Crippen LogP contribution in [0.2, 0.25) is 0 Å². The molecular weight excluding hydrogens is 258 g/mol. The second-order valence-electron chi connectivity index (χ2n) is 5.20. The lowest BCUT2D eigenvalue weighted by Gasteiger charge is -2.20. The molecule has 0 spiro atoms. The molecular formula is C14H15N3O3. The lowest BCUT2D eigenvalue weighted by atomic mass is 10.1. The number of nitrogens with zero attached hydrogens (tertiary/aromatic N) is 2. The molecule has 1 heterocycles. The second kappa shape index (κ2) is 4.33. The molecule has 20 heavy (non-hydrogen) atoms. The van der Waals surface area contributed by atoms with Gasteiger partial charge in [0, 0.05) is 18.8 Å². The first-order chi connectivity index (χ1) is 9.50. The number of nitrogens with two attached hydrogens (primary N) is 1. The molecule has 1 aliphatic heterocycles. The van der Waals surface area contributed by atoms with Crippen molar-refractivity contribution in [2.24, 2.45) is 0 Å². The highest BCUT2D eigenvalue weighted by molar-refractivity contribution is 6.24. The summed E-state index contributed by atoms with van der Waals surface area (Å²) in [6.07, 6.45) is 1.97. The van der Waals surface area contributed by atoms with Gasteiger partial charge in [-0.2, -0.15) is 0 Å². The first-order valence-electron chi connectivity index (χ1n) is 6.51. The number of rotatable bonds is 3. The standard InChI is InChI=1S/C14H15N3O3/c1-16(8-5-6-8)11(18)7-17-13(19)9-3-2-4-10(15)12(9)14(17)20/h2-4,8H,5-7,15H2,1H3. The maximum Gasteiger partial charge on any atom is 0.264 e. The molecule has 6 nitrogen and oxygen atoms in total. The van der Waals surface area contributed by atoms with Crippen LogP contribution >= 0.6 is 0 Å². The molecule has 3 amide bonds. The van der Waals surface area contributed by atoms with Crippen LogP contribution < -0.4 is 5.73 Å². The summed E-state index contributed by atoms with van der Waals surface area (Å²) < 4.78 is 0. The minimum absolute atomic E-state index is 0.208. The summed E-state index contributed by atoms with van der Waals surface area (Å²) in [6, 6.07) is 5.01. The lowest BCUT2D eigenvalue weighted by Crippen LogP contribution is -2.42. The molecule has 0 aromatic heterocycles. The van der Waals surface area contributed by atoms with Gasteiger partial charge in [-0.3, -0.25) is 19.3 Å². The SMILES string of the molecule is CN(C(=O)CN1C(=O)c2cccc(N)c2C1=O)C1CC1. The Morgan fingerprint density at radius 3 is 2.65 bits per heavy atom. The monoisotopic (exact) mass is 273 g/mol. The Bertz CT molecular complexity index is 622. The Kier molecular flexibility index (Phi) is 2.74. The number of amides is 3. The van der Waals surface area contributed by atoms with E-state index in [1.165, 1.54) is 0 Å². The zero-order valence-electron chi connectivity index (χ0n) is 11.1. The number of nitrogen functional groups attached to an aromatic ring is 1. The first kappa shape index (κ1) is 12.7. The Labute approximate surface area is 116 Å². The van der Waals surface area contributed by atoms with Gasteiger partial charge in [-0.1, -0.05) is 6.07 Å². The molecule has 2 N–H and O–H groups in total. The van der Waals surface area contributed by atoms with E-state index in [9.17, 15) is 14.4 Å². The van der Waals surface area contributed by atoms with Gasteiger partial charge < -0.3 is 10.6 Å². The fourth-order valence-electron chi connectivity index (χ4n) is 2.42. The predicted molar refractivity (Wildman–Crippen MR) is 72.0 cm³/mol. The summed E-state index contributed by atoms with van der Waals surface area (Å²) in [5.74, 6) is -1.16. The number of carbonyl (C=O) groups excluding carboxylic acids is 3. The molecule has 104 valence electrons. The highest BCUT2D eigenvalue weighted by atomic mass is 16.2. The third-order valence-electron chi connectivity index (χ3n) is 3.81. The van der Waals surface area contributed by atoms with E-state index >= 15 is 0 Å². The van der Waals surface area contributed by atoms with Gasteiger partial charge in [0.2, 0.25) is 5.91 Å². The normalized spacial score (nSPS) is 17.4. The van der Waals surface area contributed by atoms with Gasteiger partial charge in [0.25, 0.3) is 11.8 Å². The van der Waals surface area contributed by atoms with Crippen LogP contribution in [-0.4, -0.2) is 47.2 Å². The van der Waals surface area contributed by atoms with Crippen LogP contribution in [0.4, 0.5) is 5.69 Å². The Morgan fingerprint density at radius 2 is 2.05 bits per heavy atom. The van der Waals surface area contributed by atoms with Crippen molar-refractivity contribution in [2.75, 3.05) is 19.3 Å². The maximum atomic E-state index is 12.2. The fourth-order valence-corrected chi connectivity index (χ4v) is 2.42. The molecule has 3 rings (SSSR count). The van der Waals surface area contributed by atoms with Gasteiger partial charge in [0.1, 0.15) is 6.54 Å². The summed E-state index contributed by atoms with van der Waals surface area (Å²) >= 11 is 0. The minimum atomic E-state index is -0.486. The molecule has 1 aliphatic carbocycles. The number of imide groups is 1. The van der Waals surface area contributed by atoms with Crippen LogP contribution in [0.1, 0.15) is 33.6 Å². The summed E-state index contributed by atoms with van der Waals surface area (Å²) in [5, 5.41) is 0. The predicted octanol–water partition coefficient (Wildman–Crippen LogP) is 0.486. The molecule has 0 unspecified atom stereocenters. The first-order valence-corrected chi connectivity index (χ1v) is 6.51. The van der Waals surface area contributed by atoms with Crippen LogP contribution in [0.25, 0.3) is 0 Å². The second-order valence-corrected chi connectivity index (χ2v) is 5.20. The van der Waals surface area contributed by atoms with Crippen LogP contribution in [0, 0.1) is 0 Å². The van der Waals surface area contributed by atoms with Crippen molar-refractivity contribution in [3.05, 3.63) is 29.3 Å². The summed E-state index contributed by atoms with van der Waals surface area (Å²) in [4.78, 5) is 39.0. The van der Waals surface area contributed by atoms with E-state index in [0.29, 0.717) is 0 Å². The summed E-state index contributed by atoms with van der Waals surface area (Å²) in [6.45, 7) is -0.223. The van der Waals surface area contributed by atoms with Gasteiger partial charge in [-0.05, 0) is 25.0 Å². The molecule has 0 bridgehead atoms. The van der Waals surface area contributed by atoms with E-state index in [2.05, 4.69) is 0 Å². The lowest BCUT2D eigenvalue weighted by molar-refractivity contribution is -0.130. The van der Waals surface area contributed by atoms with Gasteiger partial charge in [0.05, 0.1) is 11.1 Å². The zero-order valence-corrected chi connectivity index (χ0v) is 11.1. The van der Waals surface area contributed by atoms with Gasteiger partial charge >= 0.3 is 0 Å². The van der Waals surface area contributed by atoms with Crippen molar-refractivity contribution >= 4 is 23.4 Å². The third kappa shape index (κ3) is 1.84. The van der Waals surface area contributed by atoms with E-state index in [-0.39, 0.29) is 35.3 Å². The van der Waals surface area contributed by atoms with Crippen molar-refractivity contribution in [3.8, 4) is 0 Å². The molecule has 6 heteroatoms. The smallest absolute Gasteiger partial charge is 0.264 e. The van der Waals surface area contributed by atoms with Crippen LogP contribution in [0.5, 0.6) is 0 Å². The molecule has 1 fully saturated rings. The van der Waals surface area contributed by atoms with Gasteiger partial charge in [-0.15, -0.1) is 0 Å². The number of hydrogen-bond acceptors (Lipinski definition) is 4. The largest absolute Gasteiger partial charge is 0.398 e. The molecule has 0 atom stereocenters. The van der Waals surface area contributed by atoms with Crippen molar-refractivity contribution in [1.82, 2.24) is 9.80 Å². The zero-order chi connectivity index (χ0) is 14.4. The van der Waals surface area contributed by atoms with Gasteiger partial charge in [0.15, 0.2) is 0 Å². The number of fused-ring (bicyclic) bond motifs is 1. The van der Waals surface area contributed by atoms with Crippen LogP contribution in [0.15, 0.2) is 18.2 Å². The highest BCUT2D eigenvalue weighted by Crippen LogP contribution is 2.29. The Hall–Kier alpha value is -2.37. The molecule has 1 saturated carbocycles. The average molecular weight is 273 g/mol. The number of likely N-dealkylation sites (N-methyl/N-ethyl adjacent to an activating group) is 1. The molecule has 0 radical (unpaired) electrons. The maximum absolute atomic E-state index is 12.2. The molecule has 2 aliphatic rings. The Balaban J connectivity index is 1.83. The Morgan fingerprint density at radius 1 is 1.35 bits per heavy atom. The molecule has 1 aromatic carbocycles. The highest BCUT2D eigenvalue weighted by Gasteiger charge is 2.39. The fraction of sp³-hybridized carbons (Fsp3) is 0.357. The van der Waals surface area contributed by atoms with E-state index in [1.54, 1.807) is 30.1 Å². The number of carbonyl (C=O) groups is 3. The third-order valence-corrected chi connectivity index (χ3v) is 3.81. The van der Waals surface area contributed by atoms with Crippen molar-refractivity contribution in [2.45, 2.75) is 18.9 Å². The van der Waals surface area contributed by atoms with E-state index in [4.69, 9.17) is 5.73 Å². The molecule has 1 aromatic rings. The number of anilines is 1. The van der Waals surface area contributed by atoms with Crippen LogP contribution in [-0.2, 0) is 4.79 Å². The minimum Gasteiger partial charge on any atom is -0.398 e. The van der Waals surface area contributed by atoms with Crippen molar-refractivity contribution in [3.63, 3.8) is 0 Å². The van der Waals surface area contributed by atoms with Crippen LogP contribution in [0.3, 0.4) is 0 Å². The average Bonchev–Trinajstić information content (AvgIpc) is 3.23. The topological polar surface area (TPSA) is 83.7 Å². The van der Waals surface area contributed by atoms with Crippen molar-refractivity contribution in [1.29, 1.82) is 0 Å². The molecule has 0 saturated heterocycles. The number of hydrogen-bond donors (Lipinski definition) is 1. The van der Waals surface area contributed by atoms with E-state index in [1.807, 2.05) is 0 Å². The summed E-state index contributed by atoms with van der Waals surface area (Å²) in [7, 11) is 1.70. The van der Waals surface area contributed by atoms with E-state index in [0.717, 1.165) is 17.7 Å². The number of benzene rings is 1. The van der Waals surface area contributed by atoms with Gasteiger partial charge in [-0.25, -0.2) is 0 Å². The quantitative estimate of drug-likeness (QED) is 0.641. The van der Waals surface area contributed by atoms with E-state index < -0.39 is 11.8 Å². The summed E-state index contributed by atoms with van der Waals surface area (Å²) in [5.41, 5.74) is 6.49. The van der Waals surface area contributed by atoms with Crippen molar-refractivity contribution < 1.29 is 14.4 Å².